The van der Waals surface area contributed by atoms with Crippen molar-refractivity contribution in [2.24, 2.45) is 11.8 Å². The molecule has 3 fully saturated rings. The number of benzene rings is 1. The summed E-state index contributed by atoms with van der Waals surface area (Å²) >= 11 is 0. The first-order valence-corrected chi connectivity index (χ1v) is 11.7. The molecular weight excluding hydrogens is 394 g/mol. The van der Waals surface area contributed by atoms with Gasteiger partial charge in [0.25, 0.3) is 0 Å². The van der Waals surface area contributed by atoms with Crippen LogP contribution in [-0.2, 0) is 26.3 Å². The molecule has 1 aliphatic carbocycles. The number of nitrogens with one attached hydrogen (secondary N) is 2. The van der Waals surface area contributed by atoms with Gasteiger partial charge in [-0.25, -0.2) is 0 Å². The second kappa shape index (κ2) is 7.41. The maximum absolute atomic E-state index is 13.9. The summed E-state index contributed by atoms with van der Waals surface area (Å²) in [6, 6.07) is 5.05. The summed E-state index contributed by atoms with van der Waals surface area (Å²) in [6.07, 6.45) is 5.82. The molecule has 2 saturated heterocycles. The molecular formula is C24H31N3O4. The lowest BCUT2D eigenvalue weighted by Crippen LogP contribution is -2.55. The molecule has 3 amide bonds. The number of anilines is 1. The van der Waals surface area contributed by atoms with E-state index in [2.05, 4.69) is 10.6 Å². The molecule has 7 nitrogen and oxygen atoms in total. The summed E-state index contributed by atoms with van der Waals surface area (Å²) in [5.41, 5.74) is 1.14. The highest BCUT2D eigenvalue weighted by molar-refractivity contribution is 6.15. The van der Waals surface area contributed by atoms with Crippen LogP contribution in [0.25, 0.3) is 0 Å². The minimum atomic E-state index is -1.32. The summed E-state index contributed by atoms with van der Waals surface area (Å²) in [5.74, 6) is -2.38. The van der Waals surface area contributed by atoms with E-state index in [1.807, 2.05) is 25.1 Å². The lowest BCUT2D eigenvalue weighted by atomic mass is 9.76. The van der Waals surface area contributed by atoms with Gasteiger partial charge in [0.2, 0.25) is 17.7 Å². The van der Waals surface area contributed by atoms with Gasteiger partial charge in [-0.15, -0.1) is 0 Å². The number of carbonyl (C=O) groups is 3. The predicted molar refractivity (Wildman–Crippen MR) is 115 cm³/mol. The molecule has 3 N–H and O–H groups in total. The first kappa shape index (κ1) is 20.6. The molecule has 1 spiro atoms. The molecule has 0 unspecified atom stereocenters. The zero-order valence-electron chi connectivity index (χ0n) is 18.2. The number of hydrogen-bond donors (Lipinski definition) is 3. The Balaban J connectivity index is 1.63. The Bertz CT molecular complexity index is 937. The molecule has 1 aromatic rings. The number of likely N-dealkylation sites (tertiary alicyclic amines) is 1. The number of aliphatic hydroxyl groups is 1. The van der Waals surface area contributed by atoms with Crippen LogP contribution in [-0.4, -0.2) is 45.9 Å². The molecule has 0 radical (unpaired) electrons. The van der Waals surface area contributed by atoms with Crippen molar-refractivity contribution in [2.45, 2.75) is 82.5 Å². The van der Waals surface area contributed by atoms with Crippen LogP contribution in [0.2, 0.25) is 0 Å². The summed E-state index contributed by atoms with van der Waals surface area (Å²) in [4.78, 5) is 42.4. The van der Waals surface area contributed by atoms with E-state index >= 15 is 0 Å². The highest BCUT2D eigenvalue weighted by Crippen LogP contribution is 2.54. The molecule has 0 bridgehead atoms. The van der Waals surface area contributed by atoms with Crippen molar-refractivity contribution >= 4 is 23.4 Å². The molecule has 3 heterocycles. The van der Waals surface area contributed by atoms with Crippen LogP contribution >= 0.6 is 0 Å². The van der Waals surface area contributed by atoms with E-state index in [-0.39, 0.29) is 23.8 Å². The normalized spacial score (nSPS) is 34.1. The van der Waals surface area contributed by atoms with Gasteiger partial charge in [0.1, 0.15) is 5.54 Å². The number of fused-ring (bicyclic) bond motifs is 4. The van der Waals surface area contributed by atoms with Gasteiger partial charge < -0.3 is 10.4 Å². The van der Waals surface area contributed by atoms with Crippen molar-refractivity contribution in [1.82, 2.24) is 10.2 Å². The van der Waals surface area contributed by atoms with Gasteiger partial charge >= 0.3 is 0 Å². The minimum Gasteiger partial charge on any atom is -0.392 e. The average Bonchev–Trinajstić information content (AvgIpc) is 3.23. The van der Waals surface area contributed by atoms with Gasteiger partial charge in [0.05, 0.1) is 17.9 Å². The number of carbonyl (C=O) groups excluding carboxylic acids is 3. The van der Waals surface area contributed by atoms with E-state index in [0.717, 1.165) is 56.1 Å². The molecule has 5 rings (SSSR count). The summed E-state index contributed by atoms with van der Waals surface area (Å²) in [7, 11) is 0. The van der Waals surface area contributed by atoms with Crippen LogP contribution in [0.1, 0.15) is 63.5 Å². The Labute approximate surface area is 182 Å². The Morgan fingerprint density at radius 3 is 2.48 bits per heavy atom. The molecule has 4 aliphatic rings. The van der Waals surface area contributed by atoms with Crippen LogP contribution in [0.4, 0.5) is 5.69 Å². The highest BCUT2D eigenvalue weighted by atomic mass is 16.3. The third kappa shape index (κ3) is 2.82. The zero-order chi connectivity index (χ0) is 21.9. The van der Waals surface area contributed by atoms with Crippen molar-refractivity contribution in [2.75, 3.05) is 5.32 Å². The smallest absolute Gasteiger partial charge is 0.250 e. The average molecular weight is 426 g/mol. The molecule has 3 aliphatic heterocycles. The van der Waals surface area contributed by atoms with E-state index in [1.165, 1.54) is 4.90 Å². The lowest BCUT2D eigenvalue weighted by Gasteiger charge is -2.32. The highest BCUT2D eigenvalue weighted by Gasteiger charge is 2.71. The Morgan fingerprint density at radius 1 is 1.13 bits per heavy atom. The van der Waals surface area contributed by atoms with Gasteiger partial charge in [0, 0.05) is 23.3 Å². The van der Waals surface area contributed by atoms with Crippen LogP contribution < -0.4 is 10.6 Å². The molecule has 31 heavy (non-hydrogen) atoms. The second-order valence-corrected chi connectivity index (χ2v) is 9.60. The maximum atomic E-state index is 13.9. The maximum Gasteiger partial charge on any atom is 0.250 e. The van der Waals surface area contributed by atoms with E-state index in [9.17, 15) is 19.5 Å². The molecule has 1 saturated carbocycles. The van der Waals surface area contributed by atoms with E-state index in [0.29, 0.717) is 5.69 Å². The van der Waals surface area contributed by atoms with Gasteiger partial charge in [-0.3, -0.25) is 24.6 Å². The van der Waals surface area contributed by atoms with Crippen LogP contribution in [0, 0.1) is 11.8 Å². The standard InChI is InChI=1S/C24H31N3O4/c1-3-14-10-11-17-16(12-14)24(23(31)25-17)19-18(20(26-24)13(2)28)21(29)27(22(19)30)15-8-6-4-5-7-9-15/h10-13,15,18-20,26,28H,3-9H2,1-2H3,(H,25,31)/t13-,18-,19-,20+,24+/m0/s1. The fourth-order valence-corrected chi connectivity index (χ4v) is 6.31. The molecule has 1 aromatic carbocycles. The summed E-state index contributed by atoms with van der Waals surface area (Å²) in [6.45, 7) is 3.66. The monoisotopic (exact) mass is 425 g/mol. The fraction of sp³-hybridized carbons (Fsp3) is 0.625. The largest absolute Gasteiger partial charge is 0.392 e. The topological polar surface area (TPSA) is 98.7 Å². The number of aliphatic hydroxyl groups excluding tert-OH is 1. The third-order valence-corrected chi connectivity index (χ3v) is 7.87. The SMILES string of the molecule is CCc1ccc2c(c1)[C@]1(N[C@H]([C@H](C)O)[C@H]3C(=O)N(C4CCCCCC4)C(=O)[C@H]31)C(=O)N2. The van der Waals surface area contributed by atoms with Gasteiger partial charge in [-0.1, -0.05) is 44.7 Å². The zero-order valence-corrected chi connectivity index (χ0v) is 18.2. The van der Waals surface area contributed by atoms with Gasteiger partial charge in [-0.2, -0.15) is 0 Å². The summed E-state index contributed by atoms with van der Waals surface area (Å²) in [5, 5.41) is 16.8. The fourth-order valence-electron chi connectivity index (χ4n) is 6.31. The number of rotatable bonds is 3. The number of imide groups is 1. The Morgan fingerprint density at radius 2 is 1.84 bits per heavy atom. The van der Waals surface area contributed by atoms with Crippen LogP contribution in [0.15, 0.2) is 18.2 Å². The molecule has 5 atom stereocenters. The van der Waals surface area contributed by atoms with E-state index < -0.39 is 29.5 Å². The lowest BCUT2D eigenvalue weighted by molar-refractivity contribution is -0.146. The number of aryl methyl sites for hydroxylation is 1. The van der Waals surface area contributed by atoms with Crippen LogP contribution in [0.5, 0.6) is 0 Å². The molecule has 166 valence electrons. The number of hydrogen-bond acceptors (Lipinski definition) is 5. The Kier molecular flexibility index (Phi) is 4.94. The van der Waals surface area contributed by atoms with Gasteiger partial charge in [-0.05, 0) is 37.8 Å². The number of nitrogens with zero attached hydrogens (tertiary/aromatic N) is 1. The van der Waals surface area contributed by atoms with Crippen LogP contribution in [0.3, 0.4) is 0 Å². The van der Waals surface area contributed by atoms with Crippen molar-refractivity contribution < 1.29 is 19.5 Å². The number of amides is 3. The molecule has 7 heteroatoms. The molecule has 0 aromatic heterocycles. The predicted octanol–water partition coefficient (Wildman–Crippen LogP) is 2.07. The van der Waals surface area contributed by atoms with Crippen molar-refractivity contribution in [3.63, 3.8) is 0 Å². The van der Waals surface area contributed by atoms with E-state index in [4.69, 9.17) is 0 Å². The third-order valence-electron chi connectivity index (χ3n) is 7.87. The van der Waals surface area contributed by atoms with Crippen molar-refractivity contribution in [1.29, 1.82) is 0 Å². The first-order chi connectivity index (χ1) is 14.9. The van der Waals surface area contributed by atoms with Crippen molar-refractivity contribution in [3.8, 4) is 0 Å². The first-order valence-electron chi connectivity index (χ1n) is 11.7. The quantitative estimate of drug-likeness (QED) is 0.509. The van der Waals surface area contributed by atoms with E-state index in [1.54, 1.807) is 6.92 Å². The Hall–Kier alpha value is -2.25. The van der Waals surface area contributed by atoms with Crippen molar-refractivity contribution in [3.05, 3.63) is 29.3 Å². The summed E-state index contributed by atoms with van der Waals surface area (Å²) < 4.78 is 0. The second-order valence-electron chi connectivity index (χ2n) is 9.60. The van der Waals surface area contributed by atoms with Gasteiger partial charge in [0.15, 0.2) is 0 Å². The minimum absolute atomic E-state index is 0.106.